The largest absolute Gasteiger partial charge is 0.463 e. The molecule has 0 saturated heterocycles. The molecule has 0 amide bonds. The van der Waals surface area contributed by atoms with E-state index in [1.165, 1.54) is 57.8 Å². The van der Waals surface area contributed by atoms with Crippen molar-refractivity contribution in [2.24, 2.45) is 0 Å². The summed E-state index contributed by atoms with van der Waals surface area (Å²) in [5.74, 6) is -0.0668. The topological polar surface area (TPSA) is 46.5 Å². The molecule has 0 aromatic heterocycles. The number of hydrogen-bond acceptors (Lipinski definition) is 3. The van der Waals surface area contributed by atoms with Gasteiger partial charge in [0.25, 0.3) is 0 Å². The molecule has 144 valence electrons. The number of aliphatic hydroxyl groups excluding tert-OH is 1. The molecule has 3 heteroatoms. The average molecular weight is 343 g/mol. The third-order valence-corrected chi connectivity index (χ3v) is 4.43. The summed E-state index contributed by atoms with van der Waals surface area (Å²) in [6.45, 7) is 6.02. The molecule has 24 heavy (non-hydrogen) atoms. The first kappa shape index (κ1) is 23.4. The molecular weight excluding hydrogens is 300 g/mol. The summed E-state index contributed by atoms with van der Waals surface area (Å²) < 4.78 is 5.11. The van der Waals surface area contributed by atoms with E-state index in [4.69, 9.17) is 4.74 Å². The fraction of sp³-hybridized carbons (Fsp3) is 0.952. The summed E-state index contributed by atoms with van der Waals surface area (Å²) in [6.07, 6.45) is 16.9. The second-order valence-electron chi connectivity index (χ2n) is 7.41. The summed E-state index contributed by atoms with van der Waals surface area (Å²) in [5.41, 5.74) is 0. The lowest BCUT2D eigenvalue weighted by Gasteiger charge is -2.10. The number of esters is 1. The Morgan fingerprint density at radius 2 is 1.25 bits per heavy atom. The molecule has 0 rings (SSSR count). The van der Waals surface area contributed by atoms with Gasteiger partial charge in [-0.25, -0.2) is 0 Å². The Labute approximate surface area is 150 Å². The van der Waals surface area contributed by atoms with Crippen LogP contribution in [0.1, 0.15) is 117 Å². The van der Waals surface area contributed by atoms with Crippen LogP contribution in [0.3, 0.4) is 0 Å². The Hall–Kier alpha value is -0.570. The van der Waals surface area contributed by atoms with Gasteiger partial charge in [-0.3, -0.25) is 4.79 Å². The molecule has 0 fully saturated rings. The van der Waals surface area contributed by atoms with Crippen LogP contribution in [0.5, 0.6) is 0 Å². The molecule has 0 aliphatic heterocycles. The van der Waals surface area contributed by atoms with Crippen LogP contribution in [0.25, 0.3) is 0 Å². The van der Waals surface area contributed by atoms with Gasteiger partial charge in [-0.2, -0.15) is 0 Å². The van der Waals surface area contributed by atoms with Crippen LogP contribution in [-0.2, 0) is 9.53 Å². The first-order valence-electron chi connectivity index (χ1n) is 10.4. The number of ether oxygens (including phenoxy) is 1. The Bertz CT molecular complexity index is 276. The van der Waals surface area contributed by atoms with Crippen LogP contribution >= 0.6 is 0 Å². The predicted molar refractivity (Wildman–Crippen MR) is 102 cm³/mol. The lowest BCUT2D eigenvalue weighted by atomic mass is 10.0. The van der Waals surface area contributed by atoms with Crippen LogP contribution in [0.15, 0.2) is 0 Å². The molecule has 3 nitrogen and oxygen atoms in total. The van der Waals surface area contributed by atoms with Gasteiger partial charge in [0.2, 0.25) is 0 Å². The molecule has 0 spiro atoms. The summed E-state index contributed by atoms with van der Waals surface area (Å²) in [5, 5.41) is 9.97. The first-order chi connectivity index (χ1) is 11.6. The SMILES string of the molecule is CCCCCCCCC(O)CCCCCCCCC(=O)OC(C)C. The van der Waals surface area contributed by atoms with E-state index in [1.54, 1.807) is 0 Å². The van der Waals surface area contributed by atoms with Crippen molar-refractivity contribution < 1.29 is 14.6 Å². The summed E-state index contributed by atoms with van der Waals surface area (Å²) in [6, 6.07) is 0. The van der Waals surface area contributed by atoms with Gasteiger partial charge < -0.3 is 9.84 Å². The standard InChI is InChI=1S/C21H42O3/c1-4-5-6-7-10-13-16-20(22)17-14-11-8-9-12-15-18-21(23)24-19(2)3/h19-20,22H,4-18H2,1-3H3. The number of hydrogen-bond donors (Lipinski definition) is 1. The zero-order valence-electron chi connectivity index (χ0n) is 16.5. The third-order valence-electron chi connectivity index (χ3n) is 4.43. The van der Waals surface area contributed by atoms with E-state index in [9.17, 15) is 9.90 Å². The number of carbonyl (C=O) groups excluding carboxylic acids is 1. The number of carbonyl (C=O) groups is 1. The summed E-state index contributed by atoms with van der Waals surface area (Å²) in [4.78, 5) is 11.4. The Morgan fingerprint density at radius 1 is 0.792 bits per heavy atom. The smallest absolute Gasteiger partial charge is 0.306 e. The van der Waals surface area contributed by atoms with Crippen molar-refractivity contribution in [1.29, 1.82) is 0 Å². The second kappa shape index (κ2) is 17.3. The molecule has 1 unspecified atom stereocenters. The highest BCUT2D eigenvalue weighted by atomic mass is 16.5. The van der Waals surface area contributed by atoms with E-state index < -0.39 is 0 Å². The van der Waals surface area contributed by atoms with Gasteiger partial charge in [0.1, 0.15) is 0 Å². The van der Waals surface area contributed by atoms with E-state index in [-0.39, 0.29) is 18.2 Å². The highest BCUT2D eigenvalue weighted by Gasteiger charge is 2.05. The Kier molecular flexibility index (Phi) is 16.8. The lowest BCUT2D eigenvalue weighted by Crippen LogP contribution is -2.10. The molecule has 0 bridgehead atoms. The first-order valence-corrected chi connectivity index (χ1v) is 10.4. The molecule has 0 aromatic carbocycles. The fourth-order valence-corrected chi connectivity index (χ4v) is 2.98. The fourth-order valence-electron chi connectivity index (χ4n) is 2.98. The van der Waals surface area contributed by atoms with Gasteiger partial charge >= 0.3 is 5.97 Å². The van der Waals surface area contributed by atoms with Gasteiger partial charge in [0, 0.05) is 6.42 Å². The molecule has 0 saturated carbocycles. The van der Waals surface area contributed by atoms with Gasteiger partial charge in [0.05, 0.1) is 12.2 Å². The van der Waals surface area contributed by atoms with Crippen molar-refractivity contribution in [2.45, 2.75) is 129 Å². The van der Waals surface area contributed by atoms with Crippen molar-refractivity contribution in [2.75, 3.05) is 0 Å². The molecule has 0 aliphatic rings. The number of rotatable bonds is 17. The second-order valence-corrected chi connectivity index (χ2v) is 7.41. The van der Waals surface area contributed by atoms with Crippen molar-refractivity contribution in [3.05, 3.63) is 0 Å². The molecule has 0 aromatic rings. The number of aliphatic hydroxyl groups is 1. The minimum absolute atomic E-state index is 0.000248. The monoisotopic (exact) mass is 342 g/mol. The minimum atomic E-state index is -0.0954. The maximum atomic E-state index is 11.4. The van der Waals surface area contributed by atoms with E-state index in [0.29, 0.717) is 6.42 Å². The van der Waals surface area contributed by atoms with Crippen LogP contribution < -0.4 is 0 Å². The maximum Gasteiger partial charge on any atom is 0.306 e. The zero-order chi connectivity index (χ0) is 18.0. The van der Waals surface area contributed by atoms with E-state index in [1.807, 2.05) is 13.8 Å². The van der Waals surface area contributed by atoms with Gasteiger partial charge in [-0.15, -0.1) is 0 Å². The Morgan fingerprint density at radius 3 is 1.75 bits per heavy atom. The van der Waals surface area contributed by atoms with Crippen LogP contribution in [0.4, 0.5) is 0 Å². The Balaban J connectivity index is 3.24. The molecule has 1 N–H and O–H groups in total. The molecule has 1 atom stereocenters. The molecule has 0 aliphatic carbocycles. The average Bonchev–Trinajstić information content (AvgIpc) is 2.52. The van der Waals surface area contributed by atoms with E-state index in [0.717, 1.165) is 32.1 Å². The van der Waals surface area contributed by atoms with Crippen LogP contribution in [-0.4, -0.2) is 23.3 Å². The van der Waals surface area contributed by atoms with Crippen LogP contribution in [0, 0.1) is 0 Å². The van der Waals surface area contributed by atoms with Crippen molar-refractivity contribution in [1.82, 2.24) is 0 Å². The quantitative estimate of drug-likeness (QED) is 0.254. The van der Waals surface area contributed by atoms with Crippen molar-refractivity contribution in [3.8, 4) is 0 Å². The normalized spacial score (nSPS) is 12.5. The van der Waals surface area contributed by atoms with Crippen molar-refractivity contribution in [3.63, 3.8) is 0 Å². The summed E-state index contributed by atoms with van der Waals surface area (Å²) >= 11 is 0. The van der Waals surface area contributed by atoms with Gasteiger partial charge in [-0.05, 0) is 33.1 Å². The maximum absolute atomic E-state index is 11.4. The molecule has 0 radical (unpaired) electrons. The summed E-state index contributed by atoms with van der Waals surface area (Å²) in [7, 11) is 0. The lowest BCUT2D eigenvalue weighted by molar-refractivity contribution is -0.147. The predicted octanol–water partition coefficient (Wildman–Crippen LogP) is 6.17. The zero-order valence-corrected chi connectivity index (χ0v) is 16.5. The van der Waals surface area contributed by atoms with E-state index >= 15 is 0 Å². The van der Waals surface area contributed by atoms with Gasteiger partial charge in [0.15, 0.2) is 0 Å². The number of unbranched alkanes of at least 4 members (excludes halogenated alkanes) is 10. The highest BCUT2D eigenvalue weighted by molar-refractivity contribution is 5.69. The van der Waals surface area contributed by atoms with Gasteiger partial charge in [-0.1, -0.05) is 77.6 Å². The van der Waals surface area contributed by atoms with Crippen LogP contribution in [0.2, 0.25) is 0 Å². The third kappa shape index (κ3) is 17.8. The van der Waals surface area contributed by atoms with Crippen molar-refractivity contribution >= 4 is 5.97 Å². The molecule has 0 heterocycles. The van der Waals surface area contributed by atoms with E-state index in [2.05, 4.69) is 6.92 Å². The minimum Gasteiger partial charge on any atom is -0.463 e. The molecular formula is C21H42O3. The highest BCUT2D eigenvalue weighted by Crippen LogP contribution is 2.14.